The molecule has 2 N–H and O–H groups in total. The van der Waals surface area contributed by atoms with Crippen LogP contribution in [-0.2, 0) is 4.74 Å². The molecular weight excluding hydrogens is 230 g/mol. The molecule has 0 bridgehead atoms. The predicted octanol–water partition coefficient (Wildman–Crippen LogP) is 1.22. The number of hydrogen-bond acceptors (Lipinski definition) is 4. The van der Waals surface area contributed by atoms with E-state index in [0.717, 1.165) is 17.7 Å². The van der Waals surface area contributed by atoms with Crippen molar-refractivity contribution in [1.82, 2.24) is 5.32 Å². The zero-order valence-corrected chi connectivity index (χ0v) is 10.8. The first-order chi connectivity index (χ1) is 8.63. The largest absolute Gasteiger partial charge is 0.462 e. The Labute approximate surface area is 107 Å². The van der Waals surface area contributed by atoms with Gasteiger partial charge in [0.2, 0.25) is 0 Å². The molecule has 1 aliphatic heterocycles. The second-order valence-corrected chi connectivity index (χ2v) is 4.62. The second kappa shape index (κ2) is 5.50. The van der Waals surface area contributed by atoms with E-state index in [-0.39, 0.29) is 18.0 Å². The number of aliphatic hydroxyl groups is 1. The normalized spacial score (nSPS) is 23.1. The Hall–Kier alpha value is -1.39. The van der Waals surface area contributed by atoms with Gasteiger partial charge in [0.1, 0.15) is 0 Å². The molecule has 4 heteroatoms. The van der Waals surface area contributed by atoms with Gasteiger partial charge in [-0.3, -0.25) is 0 Å². The van der Waals surface area contributed by atoms with Crippen LogP contribution >= 0.6 is 0 Å². The van der Waals surface area contributed by atoms with E-state index in [1.54, 1.807) is 13.0 Å². The van der Waals surface area contributed by atoms with Gasteiger partial charge in [-0.2, -0.15) is 0 Å². The minimum atomic E-state index is -0.388. The van der Waals surface area contributed by atoms with Crippen LogP contribution in [0.25, 0.3) is 0 Å². The summed E-state index contributed by atoms with van der Waals surface area (Å²) in [5.41, 5.74) is 2.67. The van der Waals surface area contributed by atoms with E-state index in [4.69, 9.17) is 4.74 Å². The fourth-order valence-corrected chi connectivity index (χ4v) is 2.36. The number of aliphatic hydroxyl groups excluding tert-OH is 1. The molecule has 4 nitrogen and oxygen atoms in total. The molecule has 1 saturated heterocycles. The lowest BCUT2D eigenvalue weighted by atomic mass is 9.91. The van der Waals surface area contributed by atoms with Crippen LogP contribution in [0.15, 0.2) is 18.2 Å². The number of ether oxygens (including phenoxy) is 1. The Morgan fingerprint density at radius 2 is 2.28 bits per heavy atom. The Morgan fingerprint density at radius 1 is 1.50 bits per heavy atom. The Balaban J connectivity index is 2.29. The summed E-state index contributed by atoms with van der Waals surface area (Å²) in [6, 6.07) is 5.52. The monoisotopic (exact) mass is 249 g/mol. The lowest BCUT2D eigenvalue weighted by Gasteiger charge is -2.17. The third-order valence-electron chi connectivity index (χ3n) is 3.37. The van der Waals surface area contributed by atoms with E-state index >= 15 is 0 Å². The fourth-order valence-electron chi connectivity index (χ4n) is 2.36. The molecule has 0 unspecified atom stereocenters. The van der Waals surface area contributed by atoms with Crippen molar-refractivity contribution in [2.45, 2.75) is 25.9 Å². The number of β-amino-alcohol motifs (C(OH)–C–C–N with tert-alkyl or cyclic N) is 1. The van der Waals surface area contributed by atoms with Gasteiger partial charge >= 0.3 is 5.97 Å². The van der Waals surface area contributed by atoms with E-state index in [1.165, 1.54) is 0 Å². The highest BCUT2D eigenvalue weighted by Crippen LogP contribution is 2.27. The molecule has 1 heterocycles. The molecule has 0 spiro atoms. The summed E-state index contributed by atoms with van der Waals surface area (Å²) in [4.78, 5) is 11.7. The molecule has 2 atom stereocenters. The summed E-state index contributed by atoms with van der Waals surface area (Å²) in [7, 11) is 0. The average Bonchev–Trinajstić information content (AvgIpc) is 2.76. The van der Waals surface area contributed by atoms with Crippen LogP contribution in [0.5, 0.6) is 0 Å². The average molecular weight is 249 g/mol. The number of aryl methyl sites for hydroxylation is 1. The zero-order chi connectivity index (χ0) is 13.1. The molecule has 2 rings (SSSR count). The molecule has 18 heavy (non-hydrogen) atoms. The summed E-state index contributed by atoms with van der Waals surface area (Å²) < 4.78 is 5.00. The molecule has 0 aliphatic carbocycles. The van der Waals surface area contributed by atoms with Crippen molar-refractivity contribution in [2.75, 3.05) is 19.7 Å². The lowest BCUT2D eigenvalue weighted by Crippen LogP contribution is -2.17. The van der Waals surface area contributed by atoms with Crippen molar-refractivity contribution in [3.63, 3.8) is 0 Å². The molecule has 1 fully saturated rings. The van der Waals surface area contributed by atoms with Gasteiger partial charge in [-0.1, -0.05) is 6.07 Å². The smallest absolute Gasteiger partial charge is 0.338 e. The van der Waals surface area contributed by atoms with Crippen molar-refractivity contribution >= 4 is 5.97 Å². The molecule has 1 aromatic rings. The summed E-state index contributed by atoms with van der Waals surface area (Å²) in [5, 5.41) is 13.1. The molecule has 0 radical (unpaired) electrons. The summed E-state index contributed by atoms with van der Waals surface area (Å²) >= 11 is 0. The SMILES string of the molecule is CCOC(=O)c1ccc(C)c([C@H]2CNC[C@@H]2O)c1. The zero-order valence-electron chi connectivity index (χ0n) is 10.8. The van der Waals surface area contributed by atoms with Crippen LogP contribution in [0.3, 0.4) is 0 Å². The highest BCUT2D eigenvalue weighted by molar-refractivity contribution is 5.89. The predicted molar refractivity (Wildman–Crippen MR) is 68.8 cm³/mol. The minimum Gasteiger partial charge on any atom is -0.462 e. The maximum Gasteiger partial charge on any atom is 0.338 e. The molecule has 0 amide bonds. The second-order valence-electron chi connectivity index (χ2n) is 4.62. The molecule has 0 aromatic heterocycles. The summed E-state index contributed by atoms with van der Waals surface area (Å²) in [6.45, 7) is 5.50. The third-order valence-corrected chi connectivity index (χ3v) is 3.37. The van der Waals surface area contributed by atoms with Crippen LogP contribution in [0.2, 0.25) is 0 Å². The Bertz CT molecular complexity index is 445. The van der Waals surface area contributed by atoms with Gasteiger partial charge in [0.25, 0.3) is 0 Å². The van der Waals surface area contributed by atoms with E-state index in [0.29, 0.717) is 18.7 Å². The van der Waals surface area contributed by atoms with Crippen molar-refractivity contribution in [2.24, 2.45) is 0 Å². The fraction of sp³-hybridized carbons (Fsp3) is 0.500. The van der Waals surface area contributed by atoms with Crippen LogP contribution in [0, 0.1) is 6.92 Å². The Kier molecular flexibility index (Phi) is 3.99. The first-order valence-electron chi connectivity index (χ1n) is 6.30. The van der Waals surface area contributed by atoms with Gasteiger partial charge in [0.05, 0.1) is 18.3 Å². The van der Waals surface area contributed by atoms with Crippen molar-refractivity contribution in [1.29, 1.82) is 0 Å². The van der Waals surface area contributed by atoms with Crippen LogP contribution in [0.1, 0.15) is 34.3 Å². The number of carbonyl (C=O) groups excluding carboxylic acids is 1. The summed E-state index contributed by atoms with van der Waals surface area (Å²) in [6.07, 6.45) is -0.388. The molecule has 98 valence electrons. The van der Waals surface area contributed by atoms with E-state index < -0.39 is 0 Å². The van der Waals surface area contributed by atoms with E-state index in [1.807, 2.05) is 19.1 Å². The highest BCUT2D eigenvalue weighted by Gasteiger charge is 2.28. The number of esters is 1. The highest BCUT2D eigenvalue weighted by atomic mass is 16.5. The third kappa shape index (κ3) is 2.54. The van der Waals surface area contributed by atoms with Crippen LogP contribution < -0.4 is 5.32 Å². The maximum absolute atomic E-state index is 11.7. The molecule has 1 aromatic carbocycles. The number of hydrogen-bond donors (Lipinski definition) is 2. The number of carbonyl (C=O) groups is 1. The van der Waals surface area contributed by atoms with Gasteiger partial charge in [-0.15, -0.1) is 0 Å². The first kappa shape index (κ1) is 13.1. The number of nitrogens with one attached hydrogen (secondary N) is 1. The van der Waals surface area contributed by atoms with Gasteiger partial charge in [-0.25, -0.2) is 4.79 Å². The summed E-state index contributed by atoms with van der Waals surface area (Å²) in [5.74, 6) is -0.251. The van der Waals surface area contributed by atoms with Crippen molar-refractivity contribution in [3.8, 4) is 0 Å². The van der Waals surface area contributed by atoms with Gasteiger partial charge in [-0.05, 0) is 37.1 Å². The van der Waals surface area contributed by atoms with Crippen LogP contribution in [0.4, 0.5) is 0 Å². The molecular formula is C14H19NO3. The van der Waals surface area contributed by atoms with Gasteiger partial charge < -0.3 is 15.2 Å². The standard InChI is InChI=1S/C14H19NO3/c1-3-18-14(17)10-5-4-9(2)11(6-10)12-7-15-8-13(12)16/h4-6,12-13,15-16H,3,7-8H2,1-2H3/t12-,13+/m1/s1. The minimum absolute atomic E-state index is 0.0550. The maximum atomic E-state index is 11.7. The van der Waals surface area contributed by atoms with Crippen molar-refractivity contribution in [3.05, 3.63) is 34.9 Å². The number of benzene rings is 1. The lowest BCUT2D eigenvalue weighted by molar-refractivity contribution is 0.0526. The van der Waals surface area contributed by atoms with Crippen LogP contribution in [-0.4, -0.2) is 36.9 Å². The molecule has 1 aliphatic rings. The Morgan fingerprint density at radius 3 is 2.89 bits per heavy atom. The first-order valence-corrected chi connectivity index (χ1v) is 6.30. The molecule has 0 saturated carbocycles. The van der Waals surface area contributed by atoms with E-state index in [9.17, 15) is 9.90 Å². The van der Waals surface area contributed by atoms with Crippen molar-refractivity contribution < 1.29 is 14.6 Å². The topological polar surface area (TPSA) is 58.6 Å². The van der Waals surface area contributed by atoms with Gasteiger partial charge in [0, 0.05) is 19.0 Å². The quantitative estimate of drug-likeness (QED) is 0.791. The van der Waals surface area contributed by atoms with Gasteiger partial charge in [0.15, 0.2) is 0 Å². The number of rotatable bonds is 3. The van der Waals surface area contributed by atoms with E-state index in [2.05, 4.69) is 5.32 Å².